The fraction of sp³-hybridized carbons (Fsp3) is 0.588. The SMILES string of the molecule is CC(C)(C)OC(=O)N[C@]1(CO)CCN(Cc2ccccc2)C1. The zero-order valence-electron chi connectivity index (χ0n) is 13.6. The van der Waals surface area contributed by atoms with Gasteiger partial charge in [0, 0.05) is 19.6 Å². The monoisotopic (exact) mass is 306 g/mol. The Kier molecular flexibility index (Phi) is 5.08. The van der Waals surface area contributed by atoms with E-state index in [1.807, 2.05) is 39.0 Å². The van der Waals surface area contributed by atoms with Crippen LogP contribution in [0.2, 0.25) is 0 Å². The van der Waals surface area contributed by atoms with Crippen LogP contribution in [-0.4, -0.2) is 46.9 Å². The second-order valence-electron chi connectivity index (χ2n) is 7.01. The largest absolute Gasteiger partial charge is 0.444 e. The van der Waals surface area contributed by atoms with Gasteiger partial charge < -0.3 is 15.2 Å². The van der Waals surface area contributed by atoms with E-state index in [4.69, 9.17) is 4.74 Å². The molecule has 0 spiro atoms. The van der Waals surface area contributed by atoms with Crippen molar-refractivity contribution < 1.29 is 14.6 Å². The third-order valence-electron chi connectivity index (χ3n) is 3.75. The Bertz CT molecular complexity index is 498. The maximum Gasteiger partial charge on any atom is 0.408 e. The van der Waals surface area contributed by atoms with E-state index in [9.17, 15) is 9.90 Å². The molecule has 1 saturated heterocycles. The van der Waals surface area contributed by atoms with Gasteiger partial charge in [0.05, 0.1) is 12.1 Å². The van der Waals surface area contributed by atoms with Crippen LogP contribution in [0.4, 0.5) is 4.79 Å². The van der Waals surface area contributed by atoms with E-state index < -0.39 is 17.2 Å². The second kappa shape index (κ2) is 6.67. The number of aliphatic hydroxyl groups excluding tert-OH is 1. The number of carbonyl (C=O) groups is 1. The summed E-state index contributed by atoms with van der Waals surface area (Å²) < 4.78 is 5.30. The number of ether oxygens (including phenoxy) is 1. The lowest BCUT2D eigenvalue weighted by atomic mass is 10.0. The summed E-state index contributed by atoms with van der Waals surface area (Å²) in [5.41, 5.74) is 0.0775. The first-order chi connectivity index (χ1) is 10.3. The molecule has 0 aromatic heterocycles. The van der Waals surface area contributed by atoms with E-state index >= 15 is 0 Å². The van der Waals surface area contributed by atoms with Gasteiger partial charge in [0.15, 0.2) is 0 Å². The fourth-order valence-corrected chi connectivity index (χ4v) is 2.73. The molecule has 1 atom stereocenters. The summed E-state index contributed by atoms with van der Waals surface area (Å²) in [6.45, 7) is 7.68. The third-order valence-corrected chi connectivity index (χ3v) is 3.75. The molecular formula is C17H26N2O3. The number of aliphatic hydroxyl groups is 1. The summed E-state index contributed by atoms with van der Waals surface area (Å²) in [4.78, 5) is 14.2. The Balaban J connectivity index is 1.93. The highest BCUT2D eigenvalue weighted by Gasteiger charge is 2.39. The van der Waals surface area contributed by atoms with Crippen molar-refractivity contribution in [2.75, 3.05) is 19.7 Å². The molecule has 0 saturated carbocycles. The number of benzene rings is 1. The van der Waals surface area contributed by atoms with E-state index in [-0.39, 0.29) is 6.61 Å². The van der Waals surface area contributed by atoms with E-state index in [1.54, 1.807) is 0 Å². The zero-order valence-corrected chi connectivity index (χ0v) is 13.6. The summed E-state index contributed by atoms with van der Waals surface area (Å²) >= 11 is 0. The maximum absolute atomic E-state index is 12.0. The van der Waals surface area contributed by atoms with Crippen molar-refractivity contribution in [1.29, 1.82) is 0 Å². The lowest BCUT2D eigenvalue weighted by Gasteiger charge is -2.30. The number of alkyl carbamates (subject to hydrolysis) is 1. The Labute approximate surface area is 132 Å². The first-order valence-corrected chi connectivity index (χ1v) is 7.70. The molecule has 0 aliphatic carbocycles. The summed E-state index contributed by atoms with van der Waals surface area (Å²) in [5.74, 6) is 0. The Morgan fingerprint density at radius 3 is 2.64 bits per heavy atom. The molecule has 22 heavy (non-hydrogen) atoms. The molecular weight excluding hydrogens is 280 g/mol. The van der Waals surface area contributed by atoms with Crippen molar-refractivity contribution in [3.63, 3.8) is 0 Å². The minimum Gasteiger partial charge on any atom is -0.444 e. The zero-order chi connectivity index (χ0) is 16.2. The quantitative estimate of drug-likeness (QED) is 0.895. The fourth-order valence-electron chi connectivity index (χ4n) is 2.73. The van der Waals surface area contributed by atoms with Crippen molar-refractivity contribution in [2.24, 2.45) is 0 Å². The van der Waals surface area contributed by atoms with E-state index in [0.717, 1.165) is 19.5 Å². The van der Waals surface area contributed by atoms with Crippen LogP contribution in [0, 0.1) is 0 Å². The van der Waals surface area contributed by atoms with Crippen LogP contribution in [0.25, 0.3) is 0 Å². The molecule has 1 amide bonds. The number of nitrogens with zero attached hydrogens (tertiary/aromatic N) is 1. The van der Waals surface area contributed by atoms with Gasteiger partial charge in [0.1, 0.15) is 5.60 Å². The average molecular weight is 306 g/mol. The van der Waals surface area contributed by atoms with Crippen molar-refractivity contribution in [1.82, 2.24) is 10.2 Å². The van der Waals surface area contributed by atoms with Gasteiger partial charge in [-0.3, -0.25) is 4.90 Å². The van der Waals surface area contributed by atoms with Gasteiger partial charge in [-0.2, -0.15) is 0 Å². The molecule has 0 bridgehead atoms. The molecule has 5 heteroatoms. The Morgan fingerprint density at radius 2 is 2.05 bits per heavy atom. The van der Waals surface area contributed by atoms with Crippen LogP contribution in [0.5, 0.6) is 0 Å². The molecule has 0 unspecified atom stereocenters. The molecule has 1 aromatic rings. The van der Waals surface area contributed by atoms with Gasteiger partial charge >= 0.3 is 6.09 Å². The van der Waals surface area contributed by atoms with Crippen LogP contribution in [0.1, 0.15) is 32.8 Å². The standard InChI is InChI=1S/C17H26N2O3/c1-16(2,3)22-15(21)18-17(13-20)9-10-19(12-17)11-14-7-5-4-6-8-14/h4-8,20H,9-13H2,1-3H3,(H,18,21)/t17-/m1/s1. The molecule has 1 fully saturated rings. The lowest BCUT2D eigenvalue weighted by molar-refractivity contribution is 0.0404. The van der Waals surface area contributed by atoms with E-state index in [2.05, 4.69) is 22.3 Å². The highest BCUT2D eigenvalue weighted by molar-refractivity contribution is 5.69. The molecule has 1 aliphatic rings. The number of rotatable bonds is 4. The summed E-state index contributed by atoms with van der Waals surface area (Å²) in [5, 5.41) is 12.6. The van der Waals surface area contributed by atoms with Crippen LogP contribution >= 0.6 is 0 Å². The number of nitrogens with one attached hydrogen (secondary N) is 1. The molecule has 1 aromatic carbocycles. The Hall–Kier alpha value is -1.59. The maximum atomic E-state index is 12.0. The molecule has 0 radical (unpaired) electrons. The summed E-state index contributed by atoms with van der Waals surface area (Å²) in [6, 6.07) is 10.2. The van der Waals surface area contributed by atoms with Gasteiger partial charge in [0.25, 0.3) is 0 Å². The average Bonchev–Trinajstić information content (AvgIpc) is 2.81. The first kappa shape index (κ1) is 16.8. The minimum absolute atomic E-state index is 0.0858. The van der Waals surface area contributed by atoms with Crippen molar-refractivity contribution in [2.45, 2.75) is 44.9 Å². The van der Waals surface area contributed by atoms with Gasteiger partial charge in [0.2, 0.25) is 0 Å². The molecule has 2 rings (SSSR count). The number of hydrogen-bond acceptors (Lipinski definition) is 4. The second-order valence-corrected chi connectivity index (χ2v) is 7.01. The molecule has 5 nitrogen and oxygen atoms in total. The van der Waals surface area contributed by atoms with Gasteiger partial charge in [-0.1, -0.05) is 30.3 Å². The molecule has 2 N–H and O–H groups in total. The summed E-state index contributed by atoms with van der Waals surface area (Å²) in [7, 11) is 0. The van der Waals surface area contributed by atoms with E-state index in [1.165, 1.54) is 5.56 Å². The highest BCUT2D eigenvalue weighted by atomic mass is 16.6. The van der Waals surface area contributed by atoms with Crippen LogP contribution in [0.3, 0.4) is 0 Å². The normalized spacial score (nSPS) is 22.5. The predicted molar refractivity (Wildman–Crippen MR) is 85.5 cm³/mol. The van der Waals surface area contributed by atoms with Gasteiger partial charge in [-0.25, -0.2) is 4.79 Å². The predicted octanol–water partition coefficient (Wildman–Crippen LogP) is 2.15. The highest BCUT2D eigenvalue weighted by Crippen LogP contribution is 2.23. The van der Waals surface area contributed by atoms with Crippen molar-refractivity contribution in [3.8, 4) is 0 Å². The lowest BCUT2D eigenvalue weighted by Crippen LogP contribution is -2.54. The molecule has 1 heterocycles. The third kappa shape index (κ3) is 4.71. The molecule has 1 aliphatic heterocycles. The smallest absolute Gasteiger partial charge is 0.408 e. The first-order valence-electron chi connectivity index (χ1n) is 7.70. The van der Waals surface area contributed by atoms with Crippen LogP contribution in [0.15, 0.2) is 30.3 Å². The topological polar surface area (TPSA) is 61.8 Å². The Morgan fingerprint density at radius 1 is 1.36 bits per heavy atom. The van der Waals surface area contributed by atoms with Crippen LogP contribution in [-0.2, 0) is 11.3 Å². The number of carbonyl (C=O) groups excluding carboxylic acids is 1. The van der Waals surface area contributed by atoms with Gasteiger partial charge in [-0.15, -0.1) is 0 Å². The number of hydrogen-bond donors (Lipinski definition) is 2. The van der Waals surface area contributed by atoms with Crippen molar-refractivity contribution >= 4 is 6.09 Å². The minimum atomic E-state index is -0.614. The number of amides is 1. The molecule has 122 valence electrons. The van der Waals surface area contributed by atoms with Crippen LogP contribution < -0.4 is 5.32 Å². The van der Waals surface area contributed by atoms with Gasteiger partial charge in [-0.05, 0) is 32.8 Å². The number of likely N-dealkylation sites (tertiary alicyclic amines) is 1. The summed E-state index contributed by atoms with van der Waals surface area (Å²) in [6.07, 6.45) is 0.248. The van der Waals surface area contributed by atoms with Crippen molar-refractivity contribution in [3.05, 3.63) is 35.9 Å². The van der Waals surface area contributed by atoms with E-state index in [0.29, 0.717) is 6.54 Å².